The van der Waals surface area contributed by atoms with Gasteiger partial charge in [0.1, 0.15) is 0 Å². The molecule has 0 unspecified atom stereocenters. The minimum absolute atomic E-state index is 0.125. The van der Waals surface area contributed by atoms with Crippen LogP contribution in [0.4, 0.5) is 0 Å². The fourth-order valence-electron chi connectivity index (χ4n) is 3.88. The number of methoxy groups -OCH3 is 2. The molecule has 0 N–H and O–H groups in total. The number of rotatable bonds is 5. The highest BCUT2D eigenvalue weighted by atomic mass is 16.5. The molecule has 3 aromatic rings. The molecular weight excluding hydrogens is 340 g/mol. The van der Waals surface area contributed by atoms with Gasteiger partial charge in [-0.3, -0.25) is 4.90 Å². The Morgan fingerprint density at radius 3 is 2.48 bits per heavy atom. The van der Waals surface area contributed by atoms with E-state index in [1.165, 1.54) is 16.7 Å². The molecule has 2 aromatic carbocycles. The molecule has 5 nitrogen and oxygen atoms in total. The molecule has 0 amide bonds. The Morgan fingerprint density at radius 1 is 1.07 bits per heavy atom. The van der Waals surface area contributed by atoms with Crippen LogP contribution in [0.3, 0.4) is 0 Å². The molecular formula is C22H24N2O3. The molecule has 140 valence electrons. The Labute approximate surface area is 159 Å². The van der Waals surface area contributed by atoms with E-state index in [0.717, 1.165) is 35.9 Å². The van der Waals surface area contributed by atoms with Crippen LogP contribution in [0.2, 0.25) is 0 Å². The number of fused-ring (bicyclic) bond motifs is 1. The lowest BCUT2D eigenvalue weighted by atomic mass is 9.87. The largest absolute Gasteiger partial charge is 0.493 e. The first-order valence-electron chi connectivity index (χ1n) is 9.15. The number of hydrogen-bond acceptors (Lipinski definition) is 5. The first kappa shape index (κ1) is 17.6. The van der Waals surface area contributed by atoms with Gasteiger partial charge in [0.05, 0.1) is 32.5 Å². The van der Waals surface area contributed by atoms with Gasteiger partial charge in [-0.1, -0.05) is 35.5 Å². The number of aromatic nitrogens is 1. The quantitative estimate of drug-likeness (QED) is 0.681. The summed E-state index contributed by atoms with van der Waals surface area (Å²) in [5.74, 6) is 2.43. The maximum Gasteiger partial charge on any atom is 0.161 e. The van der Waals surface area contributed by atoms with Gasteiger partial charge in [0.2, 0.25) is 0 Å². The Morgan fingerprint density at radius 2 is 1.81 bits per heavy atom. The standard InChI is InChI=1S/C22H24N2O3/c1-15-11-18(27-23-15)14-24-10-9-17-12-20(25-2)21(26-3)13-19(17)22(24)16-7-5-4-6-8-16/h4-8,11-13,22H,9-10,14H2,1-3H3/t22-/m1/s1. The van der Waals surface area contributed by atoms with E-state index in [-0.39, 0.29) is 6.04 Å². The number of benzene rings is 2. The summed E-state index contributed by atoms with van der Waals surface area (Å²) in [6, 6.07) is 16.9. The maximum atomic E-state index is 5.57. The second kappa shape index (κ2) is 7.45. The van der Waals surface area contributed by atoms with E-state index >= 15 is 0 Å². The number of nitrogens with zero attached hydrogens (tertiary/aromatic N) is 2. The molecule has 1 aliphatic heterocycles. The third kappa shape index (κ3) is 3.43. The van der Waals surface area contributed by atoms with Gasteiger partial charge in [-0.05, 0) is 42.2 Å². The normalized spacial score (nSPS) is 16.8. The van der Waals surface area contributed by atoms with Gasteiger partial charge < -0.3 is 14.0 Å². The Balaban J connectivity index is 1.78. The summed E-state index contributed by atoms with van der Waals surface area (Å²) in [5, 5.41) is 4.04. The minimum atomic E-state index is 0.125. The topological polar surface area (TPSA) is 47.7 Å². The van der Waals surface area contributed by atoms with Crippen molar-refractivity contribution < 1.29 is 14.0 Å². The van der Waals surface area contributed by atoms with E-state index in [4.69, 9.17) is 14.0 Å². The SMILES string of the molecule is COc1cc2c(cc1OC)[C@@H](c1ccccc1)N(Cc1cc(C)no1)CC2. The van der Waals surface area contributed by atoms with Crippen LogP contribution in [0, 0.1) is 6.92 Å². The van der Waals surface area contributed by atoms with Crippen molar-refractivity contribution in [2.24, 2.45) is 0 Å². The van der Waals surface area contributed by atoms with Crippen molar-refractivity contribution in [3.05, 3.63) is 76.7 Å². The van der Waals surface area contributed by atoms with Gasteiger partial charge in [-0.2, -0.15) is 0 Å². The van der Waals surface area contributed by atoms with E-state index in [1.54, 1.807) is 14.2 Å². The summed E-state index contributed by atoms with van der Waals surface area (Å²) < 4.78 is 16.6. The molecule has 0 fully saturated rings. The van der Waals surface area contributed by atoms with Crippen LogP contribution in [0.1, 0.15) is 34.2 Å². The number of aryl methyl sites for hydroxylation is 1. The average Bonchev–Trinajstić information content (AvgIpc) is 3.12. The van der Waals surface area contributed by atoms with Crippen molar-refractivity contribution in [3.63, 3.8) is 0 Å². The third-order valence-electron chi connectivity index (χ3n) is 5.12. The molecule has 27 heavy (non-hydrogen) atoms. The molecule has 5 heteroatoms. The molecule has 0 aliphatic carbocycles. The summed E-state index contributed by atoms with van der Waals surface area (Å²) in [6.45, 7) is 3.60. The molecule has 2 heterocycles. The highest BCUT2D eigenvalue weighted by molar-refractivity contribution is 5.51. The van der Waals surface area contributed by atoms with Gasteiger partial charge in [0.15, 0.2) is 17.3 Å². The van der Waals surface area contributed by atoms with Crippen molar-refractivity contribution in [3.8, 4) is 11.5 Å². The second-order valence-corrected chi connectivity index (χ2v) is 6.87. The molecule has 1 atom stereocenters. The molecule has 1 aliphatic rings. The first-order chi connectivity index (χ1) is 13.2. The van der Waals surface area contributed by atoms with Gasteiger partial charge in [-0.25, -0.2) is 0 Å². The van der Waals surface area contributed by atoms with Crippen molar-refractivity contribution in [2.45, 2.75) is 25.9 Å². The van der Waals surface area contributed by atoms with Crippen LogP contribution in [0.15, 0.2) is 53.1 Å². The minimum Gasteiger partial charge on any atom is -0.493 e. The summed E-state index contributed by atoms with van der Waals surface area (Å²) in [5.41, 5.74) is 4.71. The van der Waals surface area contributed by atoms with Crippen LogP contribution in [-0.2, 0) is 13.0 Å². The molecule has 0 saturated carbocycles. The Kier molecular flexibility index (Phi) is 4.86. The number of ether oxygens (including phenoxy) is 2. The highest BCUT2D eigenvalue weighted by Crippen LogP contribution is 2.41. The van der Waals surface area contributed by atoms with Crippen molar-refractivity contribution >= 4 is 0 Å². The monoisotopic (exact) mass is 364 g/mol. The second-order valence-electron chi connectivity index (χ2n) is 6.87. The fourth-order valence-corrected chi connectivity index (χ4v) is 3.88. The Hall–Kier alpha value is -2.79. The lowest BCUT2D eigenvalue weighted by molar-refractivity contribution is 0.180. The fraction of sp³-hybridized carbons (Fsp3) is 0.318. The Bertz CT molecular complexity index is 921. The summed E-state index contributed by atoms with van der Waals surface area (Å²) in [7, 11) is 3.36. The molecule has 0 radical (unpaired) electrons. The molecule has 0 spiro atoms. The van der Waals surface area contributed by atoms with E-state index in [2.05, 4.69) is 46.5 Å². The van der Waals surface area contributed by atoms with Crippen molar-refractivity contribution in [1.82, 2.24) is 10.1 Å². The van der Waals surface area contributed by atoms with Crippen molar-refractivity contribution in [2.75, 3.05) is 20.8 Å². The van der Waals surface area contributed by atoms with Crippen molar-refractivity contribution in [1.29, 1.82) is 0 Å². The summed E-state index contributed by atoms with van der Waals surface area (Å²) in [6.07, 6.45) is 0.951. The lowest BCUT2D eigenvalue weighted by Gasteiger charge is -2.37. The zero-order valence-corrected chi connectivity index (χ0v) is 15.9. The van der Waals surface area contributed by atoms with E-state index in [0.29, 0.717) is 6.54 Å². The van der Waals surface area contributed by atoms with Gasteiger partial charge >= 0.3 is 0 Å². The molecule has 4 rings (SSSR count). The molecule has 0 bridgehead atoms. The van der Waals surface area contributed by atoms with E-state index in [9.17, 15) is 0 Å². The van der Waals surface area contributed by atoms with E-state index < -0.39 is 0 Å². The molecule has 1 aromatic heterocycles. The van der Waals surface area contributed by atoms with Gasteiger partial charge in [-0.15, -0.1) is 0 Å². The maximum absolute atomic E-state index is 5.57. The average molecular weight is 364 g/mol. The zero-order valence-electron chi connectivity index (χ0n) is 15.9. The summed E-state index contributed by atoms with van der Waals surface area (Å²) in [4.78, 5) is 2.43. The zero-order chi connectivity index (χ0) is 18.8. The summed E-state index contributed by atoms with van der Waals surface area (Å²) >= 11 is 0. The lowest BCUT2D eigenvalue weighted by Crippen LogP contribution is -2.35. The van der Waals surface area contributed by atoms with Gasteiger partial charge in [0, 0.05) is 12.6 Å². The predicted molar refractivity (Wildman–Crippen MR) is 103 cm³/mol. The van der Waals surface area contributed by atoms with Crippen LogP contribution in [-0.4, -0.2) is 30.8 Å². The third-order valence-corrected chi connectivity index (χ3v) is 5.12. The first-order valence-corrected chi connectivity index (χ1v) is 9.15. The van der Waals surface area contributed by atoms with Crippen LogP contribution < -0.4 is 9.47 Å². The predicted octanol–water partition coefficient (Wildman–Crippen LogP) is 4.15. The van der Waals surface area contributed by atoms with Crippen LogP contribution in [0.25, 0.3) is 0 Å². The highest BCUT2D eigenvalue weighted by Gasteiger charge is 2.31. The van der Waals surface area contributed by atoms with Crippen LogP contribution in [0.5, 0.6) is 11.5 Å². The van der Waals surface area contributed by atoms with Crippen LogP contribution >= 0.6 is 0 Å². The van der Waals surface area contributed by atoms with E-state index in [1.807, 2.05) is 19.1 Å². The number of hydrogen-bond donors (Lipinski definition) is 0. The smallest absolute Gasteiger partial charge is 0.161 e. The van der Waals surface area contributed by atoms with Gasteiger partial charge in [0.25, 0.3) is 0 Å². The molecule has 0 saturated heterocycles.